The second-order valence-corrected chi connectivity index (χ2v) is 13.4. The molecular weight excluding hydrogens is 500 g/mol. The summed E-state index contributed by atoms with van der Waals surface area (Å²) in [6.45, 7) is 8.76. The predicted molar refractivity (Wildman–Crippen MR) is 153 cm³/mol. The number of aliphatic hydroxyl groups is 1. The van der Waals surface area contributed by atoms with Gasteiger partial charge in [-0.1, -0.05) is 38.0 Å². The third-order valence-electron chi connectivity index (χ3n) is 10.3. The topological polar surface area (TPSA) is 73.2 Å². The average molecular weight is 541 g/mol. The number of nitrogens with zero attached hydrogens (tertiary/aromatic N) is 2. The molecule has 6 heteroatoms. The molecular formula is C34H40N2O4. The number of ether oxygens (including phenoxy) is 1. The largest absolute Gasteiger partial charge is 0.504 e. The number of benzene rings is 2. The van der Waals surface area contributed by atoms with Crippen LogP contribution in [0.2, 0.25) is 0 Å². The Kier molecular flexibility index (Phi) is 6.00. The van der Waals surface area contributed by atoms with E-state index < -0.39 is 17.1 Å². The number of likely N-dealkylation sites (tertiary alicyclic amines) is 1. The predicted octanol–water partition coefficient (Wildman–Crippen LogP) is 4.17. The number of phenolic OH excluding ortho intramolecular Hbond substituents is 1. The van der Waals surface area contributed by atoms with Crippen molar-refractivity contribution in [2.24, 2.45) is 11.8 Å². The molecule has 1 amide bonds. The lowest BCUT2D eigenvalue weighted by Gasteiger charge is -2.64. The van der Waals surface area contributed by atoms with E-state index in [0.29, 0.717) is 25.1 Å². The highest BCUT2D eigenvalue weighted by Crippen LogP contribution is 2.66. The zero-order valence-electron chi connectivity index (χ0n) is 23.8. The van der Waals surface area contributed by atoms with Crippen molar-refractivity contribution >= 4 is 5.91 Å². The molecule has 2 heterocycles. The van der Waals surface area contributed by atoms with Gasteiger partial charge >= 0.3 is 0 Å². The van der Waals surface area contributed by atoms with E-state index in [-0.39, 0.29) is 29.7 Å². The second kappa shape index (κ2) is 9.26. The van der Waals surface area contributed by atoms with Gasteiger partial charge < -0.3 is 19.8 Å². The Morgan fingerprint density at radius 2 is 2.02 bits per heavy atom. The molecule has 2 bridgehead atoms. The summed E-state index contributed by atoms with van der Waals surface area (Å²) in [5.41, 5.74) is 2.49. The number of rotatable bonds is 5. The zero-order chi connectivity index (χ0) is 27.8. The quantitative estimate of drug-likeness (QED) is 0.557. The van der Waals surface area contributed by atoms with Crippen molar-refractivity contribution in [3.8, 4) is 23.3 Å². The molecule has 3 aliphatic carbocycles. The van der Waals surface area contributed by atoms with E-state index in [9.17, 15) is 15.0 Å². The summed E-state index contributed by atoms with van der Waals surface area (Å²) in [6.07, 6.45) is 4.91. The van der Waals surface area contributed by atoms with Crippen LogP contribution in [0.3, 0.4) is 0 Å². The standard InChI is InChI=1S/C34H40N2O4/c1-21(2)19-36(29(38)12-9-23-6-4-5-22(3)17-23)26-13-14-34(39)28-18-25-10-11-27(37)31-30(25)33(34,32(26)40-31)15-16-35(28)20-24-7-8-24/h4-6,10-11,17,21,24,26,28,32,37,39H,7-8,13-16,18-20H2,1-3H3/t26-,28+,32-,33-,34+/m0/s1. The summed E-state index contributed by atoms with van der Waals surface area (Å²) >= 11 is 0. The van der Waals surface area contributed by atoms with Gasteiger partial charge in [0.1, 0.15) is 6.10 Å². The van der Waals surface area contributed by atoms with E-state index in [4.69, 9.17) is 4.74 Å². The minimum Gasteiger partial charge on any atom is -0.504 e. The molecule has 40 heavy (non-hydrogen) atoms. The lowest BCUT2D eigenvalue weighted by atomic mass is 9.48. The maximum absolute atomic E-state index is 13.8. The highest BCUT2D eigenvalue weighted by molar-refractivity contribution is 5.94. The molecule has 0 unspecified atom stereocenters. The summed E-state index contributed by atoms with van der Waals surface area (Å²) in [6, 6.07) is 11.5. The zero-order valence-corrected chi connectivity index (χ0v) is 23.8. The minimum atomic E-state index is -0.965. The Labute approximate surface area is 237 Å². The summed E-state index contributed by atoms with van der Waals surface area (Å²) < 4.78 is 6.74. The second-order valence-electron chi connectivity index (χ2n) is 13.4. The van der Waals surface area contributed by atoms with Crippen LogP contribution in [-0.4, -0.2) is 69.3 Å². The van der Waals surface area contributed by atoms with Crippen molar-refractivity contribution in [3.05, 3.63) is 58.7 Å². The summed E-state index contributed by atoms with van der Waals surface area (Å²) in [5.74, 6) is 7.46. The molecule has 2 aromatic rings. The lowest BCUT2D eigenvalue weighted by molar-refractivity contribution is -0.201. The van der Waals surface area contributed by atoms with E-state index in [1.54, 1.807) is 6.07 Å². The van der Waals surface area contributed by atoms with Gasteiger partial charge in [0.2, 0.25) is 0 Å². The van der Waals surface area contributed by atoms with Crippen molar-refractivity contribution in [3.63, 3.8) is 0 Å². The molecule has 2 aromatic carbocycles. The molecule has 3 fully saturated rings. The van der Waals surface area contributed by atoms with Crippen molar-refractivity contribution < 1.29 is 19.7 Å². The van der Waals surface area contributed by atoms with Gasteiger partial charge in [0.25, 0.3) is 5.91 Å². The minimum absolute atomic E-state index is 0.0206. The number of hydrogen-bond acceptors (Lipinski definition) is 5. The molecule has 2 aliphatic heterocycles. The fourth-order valence-corrected chi connectivity index (χ4v) is 8.46. The van der Waals surface area contributed by atoms with Crippen LogP contribution in [0.15, 0.2) is 36.4 Å². The van der Waals surface area contributed by atoms with E-state index in [2.05, 4.69) is 30.6 Å². The Morgan fingerprint density at radius 3 is 2.77 bits per heavy atom. The van der Waals surface area contributed by atoms with Crippen LogP contribution >= 0.6 is 0 Å². The molecule has 0 aromatic heterocycles. The van der Waals surface area contributed by atoms with Crippen LogP contribution in [0, 0.1) is 30.6 Å². The summed E-state index contributed by atoms with van der Waals surface area (Å²) in [5, 5.41) is 23.7. The molecule has 210 valence electrons. The first kappa shape index (κ1) is 25.9. The molecule has 5 atom stereocenters. The van der Waals surface area contributed by atoms with Crippen molar-refractivity contribution in [2.75, 3.05) is 19.6 Å². The summed E-state index contributed by atoms with van der Waals surface area (Å²) in [4.78, 5) is 18.3. The molecule has 2 N–H and O–H groups in total. The Morgan fingerprint density at radius 1 is 1.20 bits per heavy atom. The first-order chi connectivity index (χ1) is 19.2. The first-order valence-corrected chi connectivity index (χ1v) is 15.1. The van der Waals surface area contributed by atoms with Gasteiger partial charge in [0, 0.05) is 36.2 Å². The number of phenols is 1. The van der Waals surface area contributed by atoms with Gasteiger partial charge in [0.15, 0.2) is 11.5 Å². The molecule has 1 spiro atoms. The fraction of sp³-hybridized carbons (Fsp3) is 0.559. The molecule has 2 saturated carbocycles. The van der Waals surface area contributed by atoms with Gasteiger partial charge in [-0.25, -0.2) is 0 Å². The van der Waals surface area contributed by atoms with Gasteiger partial charge in [-0.15, -0.1) is 0 Å². The maximum Gasteiger partial charge on any atom is 0.299 e. The number of piperidine rings is 1. The Hall–Kier alpha value is -3.01. The van der Waals surface area contributed by atoms with Crippen molar-refractivity contribution in [1.82, 2.24) is 9.80 Å². The first-order valence-electron chi connectivity index (χ1n) is 15.1. The smallest absolute Gasteiger partial charge is 0.299 e. The third-order valence-corrected chi connectivity index (χ3v) is 10.3. The summed E-state index contributed by atoms with van der Waals surface area (Å²) in [7, 11) is 0. The molecule has 5 aliphatic rings. The normalized spacial score (nSPS) is 31.7. The number of aryl methyl sites for hydroxylation is 1. The molecule has 1 saturated heterocycles. The molecule has 0 radical (unpaired) electrons. The van der Waals surface area contributed by atoms with Crippen molar-refractivity contribution in [1.29, 1.82) is 0 Å². The highest BCUT2D eigenvalue weighted by Gasteiger charge is 2.73. The Bertz CT molecular complexity index is 1420. The monoisotopic (exact) mass is 540 g/mol. The molecule has 6 nitrogen and oxygen atoms in total. The lowest BCUT2D eigenvalue weighted by Crippen LogP contribution is -2.78. The SMILES string of the molecule is Cc1cccc(C#CC(=O)N(CC(C)C)[C@H]2CC[C@@]3(O)[C@H]4Cc5ccc(O)c6c5[C@@]3(CCN4CC3CC3)[C@H]2O6)c1. The molecule has 7 rings (SSSR count). The van der Waals surface area contributed by atoms with E-state index in [0.717, 1.165) is 48.5 Å². The van der Waals surface area contributed by atoms with Gasteiger partial charge in [-0.2, -0.15) is 0 Å². The van der Waals surface area contributed by atoms with Crippen LogP contribution in [0.4, 0.5) is 0 Å². The van der Waals surface area contributed by atoms with Gasteiger partial charge in [-0.05, 0) is 93.2 Å². The fourth-order valence-electron chi connectivity index (χ4n) is 8.46. The third kappa shape index (κ3) is 3.81. The number of amides is 1. The van der Waals surface area contributed by atoms with E-state index in [1.165, 1.54) is 18.4 Å². The van der Waals surface area contributed by atoms with Crippen LogP contribution in [0.5, 0.6) is 11.5 Å². The average Bonchev–Trinajstić information content (AvgIpc) is 3.66. The van der Waals surface area contributed by atoms with Crippen LogP contribution in [0.1, 0.15) is 68.2 Å². The highest BCUT2D eigenvalue weighted by atomic mass is 16.5. The van der Waals surface area contributed by atoms with E-state index >= 15 is 0 Å². The van der Waals surface area contributed by atoms with Gasteiger partial charge in [-0.3, -0.25) is 9.69 Å². The number of carbonyl (C=O) groups is 1. The van der Waals surface area contributed by atoms with Crippen LogP contribution in [0.25, 0.3) is 0 Å². The number of aromatic hydroxyl groups is 1. The maximum atomic E-state index is 13.8. The number of carbonyl (C=O) groups excluding carboxylic acids is 1. The van der Waals surface area contributed by atoms with E-state index in [1.807, 2.05) is 42.2 Å². The number of hydrogen-bond donors (Lipinski definition) is 2. The van der Waals surface area contributed by atoms with Crippen molar-refractivity contribution in [2.45, 2.75) is 88.5 Å². The Balaban J connectivity index is 1.29. The van der Waals surface area contributed by atoms with Crippen LogP contribution < -0.4 is 4.74 Å². The van der Waals surface area contributed by atoms with Gasteiger partial charge in [0.05, 0.1) is 17.1 Å². The van der Waals surface area contributed by atoms with Crippen LogP contribution in [-0.2, 0) is 16.6 Å².